The molecule has 1 N–H and O–H groups in total. The first-order valence-corrected chi connectivity index (χ1v) is 3.09. The summed E-state index contributed by atoms with van der Waals surface area (Å²) in [4.78, 5) is 0. The van der Waals surface area contributed by atoms with Gasteiger partial charge in [0, 0.05) is 5.69 Å². The van der Waals surface area contributed by atoms with Crippen molar-refractivity contribution >= 4 is 0 Å². The highest BCUT2D eigenvalue weighted by molar-refractivity contribution is 5.07. The fourth-order valence-electron chi connectivity index (χ4n) is 0.828. The van der Waals surface area contributed by atoms with E-state index in [1.807, 2.05) is 0 Å². The predicted octanol–water partition coefficient (Wildman–Crippen LogP) is 1.08. The lowest BCUT2D eigenvalue weighted by molar-refractivity contribution is 0.0535. The number of aliphatic hydroxyl groups is 1. The van der Waals surface area contributed by atoms with Gasteiger partial charge < -0.3 is 5.11 Å². The van der Waals surface area contributed by atoms with Crippen LogP contribution in [0.5, 0.6) is 0 Å². The van der Waals surface area contributed by atoms with Crippen molar-refractivity contribution in [1.29, 1.82) is 0 Å². The van der Waals surface area contributed by atoms with E-state index in [0.717, 1.165) is 0 Å². The zero-order valence-corrected chi connectivity index (χ0v) is 5.96. The SMILES string of the molecule is Cc1cc(CO)nn1C(F)F. The average Bonchev–Trinajstić information content (AvgIpc) is 2.30. The average molecular weight is 162 g/mol. The van der Waals surface area contributed by atoms with Crippen molar-refractivity contribution in [3.63, 3.8) is 0 Å². The summed E-state index contributed by atoms with van der Waals surface area (Å²) in [5, 5.41) is 12.0. The van der Waals surface area contributed by atoms with Crippen LogP contribution in [0.4, 0.5) is 8.78 Å². The molecule has 0 aliphatic carbocycles. The molecule has 5 heteroatoms. The number of hydrogen-bond acceptors (Lipinski definition) is 2. The van der Waals surface area contributed by atoms with Crippen molar-refractivity contribution in [2.45, 2.75) is 20.1 Å². The lowest BCUT2D eigenvalue weighted by Gasteiger charge is -1.99. The van der Waals surface area contributed by atoms with Gasteiger partial charge >= 0.3 is 6.55 Å². The fraction of sp³-hybridized carbons (Fsp3) is 0.500. The van der Waals surface area contributed by atoms with E-state index < -0.39 is 6.55 Å². The number of nitrogens with zero attached hydrogens (tertiary/aromatic N) is 2. The van der Waals surface area contributed by atoms with Gasteiger partial charge in [0.05, 0.1) is 12.3 Å². The number of alkyl halides is 2. The summed E-state index contributed by atoms with van der Waals surface area (Å²) in [5.41, 5.74) is 0.617. The molecule has 1 rings (SSSR count). The third-order valence-electron chi connectivity index (χ3n) is 1.32. The Morgan fingerprint density at radius 3 is 2.64 bits per heavy atom. The fourth-order valence-corrected chi connectivity index (χ4v) is 0.828. The summed E-state index contributed by atoms with van der Waals surface area (Å²) in [6.45, 7) is -1.42. The normalized spacial score (nSPS) is 11.0. The Kier molecular flexibility index (Phi) is 2.19. The van der Waals surface area contributed by atoms with Crippen molar-refractivity contribution in [2.24, 2.45) is 0 Å². The number of aryl methyl sites for hydroxylation is 1. The molecule has 11 heavy (non-hydrogen) atoms. The number of halogens is 2. The van der Waals surface area contributed by atoms with Gasteiger partial charge in [-0.2, -0.15) is 13.9 Å². The monoisotopic (exact) mass is 162 g/mol. The molecule has 0 radical (unpaired) electrons. The van der Waals surface area contributed by atoms with Crippen LogP contribution >= 0.6 is 0 Å². The van der Waals surface area contributed by atoms with Crippen molar-refractivity contribution in [3.05, 3.63) is 17.5 Å². The molecule has 0 aliphatic heterocycles. The first-order chi connectivity index (χ1) is 5.15. The molecule has 0 fully saturated rings. The van der Waals surface area contributed by atoms with Gasteiger partial charge in [-0.15, -0.1) is 0 Å². The van der Waals surface area contributed by atoms with Gasteiger partial charge in [-0.05, 0) is 13.0 Å². The van der Waals surface area contributed by atoms with Crippen LogP contribution in [0.25, 0.3) is 0 Å². The Morgan fingerprint density at radius 2 is 2.36 bits per heavy atom. The third-order valence-corrected chi connectivity index (χ3v) is 1.32. The Bertz CT molecular complexity index is 247. The van der Waals surface area contributed by atoms with Gasteiger partial charge in [0.15, 0.2) is 0 Å². The van der Waals surface area contributed by atoms with Crippen LogP contribution in [0.1, 0.15) is 17.9 Å². The summed E-state index contributed by atoms with van der Waals surface area (Å²) in [6, 6.07) is 1.42. The molecule has 0 spiro atoms. The molecule has 0 saturated heterocycles. The summed E-state index contributed by atoms with van der Waals surface area (Å²) >= 11 is 0. The Morgan fingerprint density at radius 1 is 1.73 bits per heavy atom. The standard InChI is InChI=1S/C6H8F2N2O/c1-4-2-5(3-11)9-10(4)6(7)8/h2,6,11H,3H2,1H3. The van der Waals surface area contributed by atoms with Crippen molar-refractivity contribution in [3.8, 4) is 0 Å². The largest absolute Gasteiger partial charge is 0.390 e. The molecule has 0 aromatic carbocycles. The molecule has 1 aromatic rings. The van der Waals surface area contributed by atoms with E-state index >= 15 is 0 Å². The van der Waals surface area contributed by atoms with Crippen LogP contribution in [-0.2, 0) is 6.61 Å². The second-order valence-corrected chi connectivity index (χ2v) is 2.16. The molecular formula is C6H8F2N2O. The van der Waals surface area contributed by atoms with E-state index in [-0.39, 0.29) is 12.3 Å². The van der Waals surface area contributed by atoms with Gasteiger partial charge in [0.25, 0.3) is 0 Å². The minimum absolute atomic E-state index is 0.266. The second-order valence-electron chi connectivity index (χ2n) is 2.16. The lowest BCUT2D eigenvalue weighted by atomic mass is 10.4. The van der Waals surface area contributed by atoms with E-state index in [4.69, 9.17) is 5.11 Å². The molecule has 1 heterocycles. The smallest absolute Gasteiger partial charge is 0.333 e. The van der Waals surface area contributed by atoms with Crippen molar-refractivity contribution in [1.82, 2.24) is 9.78 Å². The highest BCUT2D eigenvalue weighted by Gasteiger charge is 2.10. The molecule has 1 aromatic heterocycles. The zero-order valence-electron chi connectivity index (χ0n) is 5.96. The maximum absolute atomic E-state index is 12.0. The summed E-state index contributed by atoms with van der Waals surface area (Å²) in [6.07, 6.45) is 0. The van der Waals surface area contributed by atoms with Crippen molar-refractivity contribution in [2.75, 3.05) is 0 Å². The number of hydrogen-bond donors (Lipinski definition) is 1. The third kappa shape index (κ3) is 1.54. The summed E-state index contributed by atoms with van der Waals surface area (Å²) in [5.74, 6) is 0. The minimum atomic E-state index is -2.63. The Hall–Kier alpha value is -0.970. The highest BCUT2D eigenvalue weighted by atomic mass is 19.3. The van der Waals surface area contributed by atoms with E-state index in [2.05, 4.69) is 5.10 Å². The van der Waals surface area contributed by atoms with Gasteiger partial charge in [-0.25, -0.2) is 4.68 Å². The van der Waals surface area contributed by atoms with Crippen molar-refractivity contribution < 1.29 is 13.9 Å². The molecule has 0 aliphatic rings. The predicted molar refractivity (Wildman–Crippen MR) is 34.1 cm³/mol. The minimum Gasteiger partial charge on any atom is -0.390 e. The zero-order chi connectivity index (χ0) is 8.43. The number of aromatic nitrogens is 2. The quantitative estimate of drug-likeness (QED) is 0.706. The van der Waals surface area contributed by atoms with Crippen LogP contribution in [0, 0.1) is 6.92 Å². The second kappa shape index (κ2) is 2.96. The maximum Gasteiger partial charge on any atom is 0.333 e. The first-order valence-electron chi connectivity index (χ1n) is 3.09. The number of aliphatic hydroxyl groups excluding tert-OH is 1. The summed E-state index contributed by atoms with van der Waals surface area (Å²) in [7, 11) is 0. The van der Waals surface area contributed by atoms with Crippen LogP contribution in [0.3, 0.4) is 0 Å². The number of rotatable bonds is 2. The van der Waals surface area contributed by atoms with Crippen LogP contribution in [-0.4, -0.2) is 14.9 Å². The van der Waals surface area contributed by atoms with E-state index in [0.29, 0.717) is 10.4 Å². The van der Waals surface area contributed by atoms with Gasteiger partial charge in [0.2, 0.25) is 0 Å². The summed E-state index contributed by atoms with van der Waals surface area (Å²) < 4.78 is 24.6. The Labute approximate surface area is 62.3 Å². The molecule has 62 valence electrons. The molecular weight excluding hydrogens is 154 g/mol. The Balaban J connectivity index is 2.97. The van der Waals surface area contributed by atoms with E-state index in [9.17, 15) is 8.78 Å². The van der Waals surface area contributed by atoms with Crippen LogP contribution in [0.15, 0.2) is 6.07 Å². The van der Waals surface area contributed by atoms with Gasteiger partial charge in [-0.3, -0.25) is 0 Å². The highest BCUT2D eigenvalue weighted by Crippen LogP contribution is 2.13. The topological polar surface area (TPSA) is 38.1 Å². The first kappa shape index (κ1) is 8.13. The van der Waals surface area contributed by atoms with Gasteiger partial charge in [0.1, 0.15) is 0 Å². The van der Waals surface area contributed by atoms with Crippen LogP contribution < -0.4 is 0 Å². The molecule has 0 saturated carbocycles. The van der Waals surface area contributed by atoms with Crippen LogP contribution in [0.2, 0.25) is 0 Å². The maximum atomic E-state index is 12.0. The molecule has 3 nitrogen and oxygen atoms in total. The molecule has 0 bridgehead atoms. The molecule has 0 unspecified atom stereocenters. The van der Waals surface area contributed by atoms with Gasteiger partial charge in [-0.1, -0.05) is 0 Å². The van der Waals surface area contributed by atoms with E-state index in [1.54, 1.807) is 0 Å². The molecule has 0 atom stereocenters. The van der Waals surface area contributed by atoms with E-state index in [1.165, 1.54) is 13.0 Å². The molecule has 0 amide bonds. The lowest BCUT2D eigenvalue weighted by Crippen LogP contribution is -2.02.